The maximum Gasteiger partial charge on any atom is 0.0123 e. The van der Waals surface area contributed by atoms with Gasteiger partial charge in [-0.1, -0.05) is 199 Å². The van der Waals surface area contributed by atoms with E-state index >= 15 is 0 Å². The van der Waals surface area contributed by atoms with Gasteiger partial charge in [-0.25, -0.2) is 0 Å². The summed E-state index contributed by atoms with van der Waals surface area (Å²) in [5.74, 6) is 2.42. The summed E-state index contributed by atoms with van der Waals surface area (Å²) in [5, 5.41) is 2.95. The molecule has 0 heterocycles. The number of rotatable bonds is 15. The van der Waals surface area contributed by atoms with Gasteiger partial charge in [-0.15, -0.1) is 23.5 Å². The van der Waals surface area contributed by atoms with Crippen LogP contribution in [0.15, 0.2) is 34.6 Å². The zero-order chi connectivity index (χ0) is 36.2. The average Bonchev–Trinajstić information content (AvgIpc) is 2.98. The molecular formula is C42H92S2. The Hall–Kier alpha value is -0.0800. The van der Waals surface area contributed by atoms with Gasteiger partial charge in [-0.2, -0.15) is 0 Å². The SMILES string of the molecule is C/C=C/C(CC)C(C)SC=C(C)C.C=C(CCC)SC.CC(C)C(C)C.CCC.CCCCC.CCCCC.CCCCC. The summed E-state index contributed by atoms with van der Waals surface area (Å²) < 4.78 is 0. The van der Waals surface area contributed by atoms with E-state index in [0.29, 0.717) is 11.2 Å². The van der Waals surface area contributed by atoms with Crippen LogP contribution in [0.25, 0.3) is 0 Å². The van der Waals surface area contributed by atoms with Crippen LogP contribution in [0.3, 0.4) is 0 Å². The van der Waals surface area contributed by atoms with Crippen molar-refractivity contribution in [1.82, 2.24) is 0 Å². The highest BCUT2D eigenvalue weighted by Gasteiger charge is 2.10. The van der Waals surface area contributed by atoms with Crippen LogP contribution < -0.4 is 0 Å². The van der Waals surface area contributed by atoms with Gasteiger partial charge >= 0.3 is 0 Å². The maximum atomic E-state index is 3.83. The molecule has 2 unspecified atom stereocenters. The van der Waals surface area contributed by atoms with Crippen LogP contribution in [-0.2, 0) is 0 Å². The van der Waals surface area contributed by atoms with Gasteiger partial charge in [-0.05, 0) is 67.9 Å². The molecule has 0 spiro atoms. The second-order valence-electron chi connectivity index (χ2n) is 12.4. The van der Waals surface area contributed by atoms with E-state index in [9.17, 15) is 0 Å². The smallest absolute Gasteiger partial charge is 0.0123 e. The second kappa shape index (κ2) is 58.5. The predicted molar refractivity (Wildman–Crippen MR) is 224 cm³/mol. The lowest BCUT2D eigenvalue weighted by Crippen LogP contribution is -2.09. The maximum absolute atomic E-state index is 3.83. The monoisotopic (exact) mass is 661 g/mol. The molecule has 0 aliphatic heterocycles. The molecule has 44 heavy (non-hydrogen) atoms. The zero-order valence-corrected chi connectivity index (χ0v) is 36.4. The van der Waals surface area contributed by atoms with Gasteiger partial charge < -0.3 is 0 Å². The van der Waals surface area contributed by atoms with Gasteiger partial charge in [0.05, 0.1) is 0 Å². The normalized spacial score (nSPS) is 10.8. The first-order valence-electron chi connectivity index (χ1n) is 18.9. The summed E-state index contributed by atoms with van der Waals surface area (Å²) in [6.45, 7) is 43.4. The Labute approximate surface area is 294 Å². The van der Waals surface area contributed by atoms with Crippen LogP contribution in [0.2, 0.25) is 0 Å². The molecule has 0 saturated carbocycles. The van der Waals surface area contributed by atoms with Crippen molar-refractivity contribution >= 4 is 23.5 Å². The molecule has 0 aromatic heterocycles. The Morgan fingerprint density at radius 1 is 0.636 bits per heavy atom. The standard InChI is InChI=1S/C12H22S.C6H12S.C6H14.3C5H12.C3H8/c1-6-8-12(7-2)11(5)13-9-10(3)4;1-4-5-6(2)7-3;1-5(2)6(3)4;3*1-3-5-4-2;1-3-2/h6,8-9,11-12H,7H2,1-5H3;2,4-5H2,1,3H3;5-6H,1-4H3;3*3-5H2,1-2H3;3H2,1-2H3/b8-6+;;;;;;. The summed E-state index contributed by atoms with van der Waals surface area (Å²) in [5.41, 5.74) is 1.40. The molecule has 0 N–H and O–H groups in total. The highest BCUT2D eigenvalue weighted by Crippen LogP contribution is 2.25. The first kappa shape index (κ1) is 59.4. The van der Waals surface area contributed by atoms with E-state index in [1.165, 1.54) is 93.9 Å². The van der Waals surface area contributed by atoms with Gasteiger partial charge in [0.25, 0.3) is 0 Å². The van der Waals surface area contributed by atoms with Crippen molar-refractivity contribution < 1.29 is 0 Å². The van der Waals surface area contributed by atoms with Gasteiger partial charge in [-0.3, -0.25) is 0 Å². The molecule has 0 fully saturated rings. The molecule has 0 aliphatic carbocycles. The van der Waals surface area contributed by atoms with Crippen molar-refractivity contribution in [3.8, 4) is 0 Å². The van der Waals surface area contributed by atoms with E-state index in [4.69, 9.17) is 0 Å². The minimum Gasteiger partial charge on any atom is -0.135 e. The largest absolute Gasteiger partial charge is 0.135 e. The van der Waals surface area contributed by atoms with Crippen LogP contribution in [0.5, 0.6) is 0 Å². The lowest BCUT2D eigenvalue weighted by Gasteiger charge is -2.17. The molecule has 0 saturated heterocycles. The van der Waals surface area contributed by atoms with Crippen molar-refractivity contribution in [2.45, 2.75) is 213 Å². The van der Waals surface area contributed by atoms with Gasteiger partial charge in [0.1, 0.15) is 0 Å². The Morgan fingerprint density at radius 2 is 0.977 bits per heavy atom. The van der Waals surface area contributed by atoms with Gasteiger partial charge in [0, 0.05) is 5.25 Å². The van der Waals surface area contributed by atoms with Crippen molar-refractivity contribution in [3.05, 3.63) is 34.6 Å². The molecule has 0 radical (unpaired) electrons. The van der Waals surface area contributed by atoms with E-state index in [-0.39, 0.29) is 0 Å². The molecule has 0 rings (SSSR count). The predicted octanol–water partition coefficient (Wildman–Crippen LogP) is 17.6. The summed E-state index contributed by atoms with van der Waals surface area (Å²) in [6.07, 6.45) is 23.6. The summed E-state index contributed by atoms with van der Waals surface area (Å²) in [7, 11) is 0. The molecular weight excluding hydrogens is 569 g/mol. The van der Waals surface area contributed by atoms with Crippen LogP contribution in [-0.4, -0.2) is 11.5 Å². The van der Waals surface area contributed by atoms with Crippen LogP contribution in [0.1, 0.15) is 208 Å². The first-order chi connectivity index (χ1) is 20.7. The Morgan fingerprint density at radius 3 is 1.11 bits per heavy atom. The van der Waals surface area contributed by atoms with Crippen molar-refractivity contribution in [1.29, 1.82) is 0 Å². The van der Waals surface area contributed by atoms with Crippen molar-refractivity contribution in [2.75, 3.05) is 6.26 Å². The Bertz CT molecular complexity index is 472. The minimum atomic E-state index is 0.691. The Kier molecular flexibility index (Phi) is 78.9. The van der Waals surface area contributed by atoms with E-state index in [1.807, 2.05) is 11.8 Å². The second-order valence-corrected chi connectivity index (χ2v) is 14.6. The lowest BCUT2D eigenvalue weighted by atomic mass is 10.0. The summed E-state index contributed by atoms with van der Waals surface area (Å²) in [4.78, 5) is 1.29. The van der Waals surface area contributed by atoms with Crippen LogP contribution in [0, 0.1) is 17.8 Å². The van der Waals surface area contributed by atoms with Crippen LogP contribution in [0.4, 0.5) is 0 Å². The number of hydrogen-bond acceptors (Lipinski definition) is 2. The molecule has 0 nitrogen and oxygen atoms in total. The fourth-order valence-electron chi connectivity index (χ4n) is 2.66. The molecule has 2 atom stereocenters. The summed E-state index contributed by atoms with van der Waals surface area (Å²) >= 11 is 3.70. The van der Waals surface area contributed by atoms with E-state index in [0.717, 1.165) is 11.8 Å². The summed E-state index contributed by atoms with van der Waals surface area (Å²) in [6, 6.07) is 0. The number of hydrogen-bond donors (Lipinski definition) is 0. The third kappa shape index (κ3) is 83.9. The Balaban J connectivity index is -0.0000000768. The van der Waals surface area contributed by atoms with E-state index in [2.05, 4.69) is 155 Å². The van der Waals surface area contributed by atoms with Gasteiger partial charge in [0.15, 0.2) is 0 Å². The fraction of sp³-hybridized carbons (Fsp3) is 0.857. The van der Waals surface area contributed by atoms with Crippen LogP contribution >= 0.6 is 23.5 Å². The van der Waals surface area contributed by atoms with Crippen molar-refractivity contribution in [2.24, 2.45) is 17.8 Å². The highest BCUT2D eigenvalue weighted by atomic mass is 32.2. The van der Waals surface area contributed by atoms with Gasteiger partial charge in [0.2, 0.25) is 0 Å². The third-order valence-corrected chi connectivity index (χ3v) is 8.47. The molecule has 272 valence electrons. The molecule has 0 aliphatic rings. The van der Waals surface area contributed by atoms with E-state index in [1.54, 1.807) is 11.8 Å². The average molecular weight is 661 g/mol. The number of thioether (sulfide) groups is 2. The molecule has 0 aromatic rings. The number of allylic oxidation sites excluding steroid dienone is 4. The molecule has 0 aromatic carbocycles. The lowest BCUT2D eigenvalue weighted by molar-refractivity contribution is 0.457. The first-order valence-corrected chi connectivity index (χ1v) is 21.0. The van der Waals surface area contributed by atoms with E-state index < -0.39 is 0 Å². The molecule has 0 amide bonds. The molecule has 0 bridgehead atoms. The highest BCUT2D eigenvalue weighted by molar-refractivity contribution is 8.02. The third-order valence-electron chi connectivity index (χ3n) is 6.30. The minimum absolute atomic E-state index is 0.691. The zero-order valence-electron chi connectivity index (χ0n) is 34.8. The van der Waals surface area contributed by atoms with Crippen molar-refractivity contribution in [3.63, 3.8) is 0 Å². The number of unbranched alkanes of at least 4 members (excludes halogenated alkanes) is 6. The topological polar surface area (TPSA) is 0 Å². The fourth-order valence-corrected chi connectivity index (χ4v) is 4.04. The quantitative estimate of drug-likeness (QED) is 0.160. The molecule has 2 heteroatoms.